The van der Waals surface area contributed by atoms with Crippen LogP contribution in [-0.2, 0) is 17.7 Å². The Morgan fingerprint density at radius 2 is 2.16 bits per heavy atom. The maximum atomic E-state index is 12.1. The Morgan fingerprint density at radius 3 is 2.92 bits per heavy atom. The van der Waals surface area contributed by atoms with Crippen molar-refractivity contribution in [2.75, 3.05) is 13.2 Å². The molecule has 0 fully saturated rings. The highest BCUT2D eigenvalue weighted by atomic mass is 32.1. The molecule has 0 saturated carbocycles. The van der Waals surface area contributed by atoms with Crippen LogP contribution in [0.1, 0.15) is 41.0 Å². The number of amides is 2. The van der Waals surface area contributed by atoms with Crippen molar-refractivity contribution in [2.45, 2.75) is 32.7 Å². The zero-order valence-electron chi connectivity index (χ0n) is 14.2. The van der Waals surface area contributed by atoms with E-state index in [4.69, 9.17) is 4.74 Å². The number of unbranched alkanes of at least 4 members (excludes halogenated alkanes) is 1. The number of nitrogens with zero attached hydrogens (tertiary/aromatic N) is 2. The van der Waals surface area contributed by atoms with Crippen LogP contribution in [0.15, 0.2) is 29.8 Å². The van der Waals surface area contributed by atoms with Gasteiger partial charge in [-0.05, 0) is 18.6 Å². The highest BCUT2D eigenvalue weighted by molar-refractivity contribution is 7.09. The molecule has 0 atom stereocenters. The zero-order valence-corrected chi connectivity index (χ0v) is 15.0. The van der Waals surface area contributed by atoms with Crippen molar-refractivity contribution >= 4 is 23.3 Å². The molecule has 25 heavy (non-hydrogen) atoms. The van der Waals surface area contributed by atoms with Gasteiger partial charge in [-0.25, -0.2) is 9.78 Å². The van der Waals surface area contributed by atoms with Crippen molar-refractivity contribution in [1.82, 2.24) is 20.6 Å². The molecule has 0 aliphatic rings. The first kappa shape index (κ1) is 18.9. The summed E-state index contributed by atoms with van der Waals surface area (Å²) in [5.74, 6) is -0.236. The molecule has 0 spiro atoms. The number of carbonyl (C=O) groups is 2. The van der Waals surface area contributed by atoms with Crippen LogP contribution in [0.3, 0.4) is 0 Å². The monoisotopic (exact) mass is 362 g/mol. The highest BCUT2D eigenvalue weighted by Gasteiger charge is 2.11. The third-order valence-electron chi connectivity index (χ3n) is 3.28. The second kappa shape index (κ2) is 10.4. The van der Waals surface area contributed by atoms with Crippen molar-refractivity contribution in [3.63, 3.8) is 0 Å². The van der Waals surface area contributed by atoms with Gasteiger partial charge in [0.15, 0.2) is 0 Å². The van der Waals surface area contributed by atoms with Gasteiger partial charge in [0.1, 0.15) is 5.69 Å². The van der Waals surface area contributed by atoms with Gasteiger partial charge in [-0.15, -0.1) is 11.3 Å². The molecule has 0 bridgehead atoms. The minimum Gasteiger partial charge on any atom is -0.450 e. The molecule has 0 unspecified atom stereocenters. The van der Waals surface area contributed by atoms with E-state index in [1.54, 1.807) is 11.6 Å². The molecule has 8 heteroatoms. The van der Waals surface area contributed by atoms with Gasteiger partial charge in [0.05, 0.1) is 23.9 Å². The highest BCUT2D eigenvalue weighted by Crippen LogP contribution is 2.10. The van der Waals surface area contributed by atoms with Crippen molar-refractivity contribution in [3.8, 4) is 0 Å². The summed E-state index contributed by atoms with van der Waals surface area (Å²) < 4.78 is 5.00. The quantitative estimate of drug-likeness (QED) is 0.669. The molecular formula is C17H22N4O3S. The predicted octanol–water partition coefficient (Wildman–Crippen LogP) is 2.54. The van der Waals surface area contributed by atoms with Crippen LogP contribution >= 0.6 is 11.3 Å². The number of ether oxygens (including phenoxy) is 1. The summed E-state index contributed by atoms with van der Waals surface area (Å²) in [6, 6.07) is 5.54. The SMILES string of the molecule is CCCCOC(=O)NCCc1nc(C(=O)NCc2ccccn2)cs1. The normalized spacial score (nSPS) is 10.3. The minimum absolute atomic E-state index is 0.236. The predicted molar refractivity (Wildman–Crippen MR) is 95.5 cm³/mol. The molecule has 7 nitrogen and oxygen atoms in total. The molecule has 2 rings (SSSR count). The average Bonchev–Trinajstić information content (AvgIpc) is 3.10. The molecule has 0 aliphatic carbocycles. The number of rotatable bonds is 9. The molecule has 0 aromatic carbocycles. The van der Waals surface area contributed by atoms with Crippen molar-refractivity contribution in [2.24, 2.45) is 0 Å². The van der Waals surface area contributed by atoms with Crippen LogP contribution in [0, 0.1) is 0 Å². The topological polar surface area (TPSA) is 93.2 Å². The van der Waals surface area contributed by atoms with Crippen LogP contribution in [-0.4, -0.2) is 35.1 Å². The maximum Gasteiger partial charge on any atom is 0.407 e. The number of hydrogen-bond acceptors (Lipinski definition) is 6. The number of alkyl carbamates (subject to hydrolysis) is 1. The number of nitrogens with one attached hydrogen (secondary N) is 2. The molecule has 0 radical (unpaired) electrons. The number of pyridine rings is 1. The second-order valence-corrected chi connectivity index (χ2v) is 6.24. The lowest BCUT2D eigenvalue weighted by Gasteiger charge is -2.05. The number of hydrogen-bond donors (Lipinski definition) is 2. The minimum atomic E-state index is -0.418. The van der Waals surface area contributed by atoms with Crippen molar-refractivity contribution < 1.29 is 14.3 Å². The molecule has 134 valence electrons. The molecule has 2 aromatic heterocycles. The van der Waals surface area contributed by atoms with E-state index < -0.39 is 6.09 Å². The Hall–Kier alpha value is -2.48. The van der Waals surface area contributed by atoms with E-state index in [1.165, 1.54) is 11.3 Å². The first-order valence-electron chi connectivity index (χ1n) is 8.22. The lowest BCUT2D eigenvalue weighted by Crippen LogP contribution is -2.27. The van der Waals surface area contributed by atoms with Crippen LogP contribution in [0.2, 0.25) is 0 Å². The second-order valence-electron chi connectivity index (χ2n) is 5.30. The number of thiazole rings is 1. The fourth-order valence-electron chi connectivity index (χ4n) is 1.93. The van der Waals surface area contributed by atoms with Gasteiger partial charge >= 0.3 is 6.09 Å². The average molecular weight is 362 g/mol. The Balaban J connectivity index is 1.70. The fraction of sp³-hybridized carbons (Fsp3) is 0.412. The molecular weight excluding hydrogens is 340 g/mol. The number of aromatic nitrogens is 2. The molecule has 0 aliphatic heterocycles. The molecule has 0 saturated heterocycles. The first-order chi connectivity index (χ1) is 12.2. The third kappa shape index (κ3) is 6.88. The van der Waals surface area contributed by atoms with E-state index in [0.29, 0.717) is 31.8 Å². The largest absolute Gasteiger partial charge is 0.450 e. The van der Waals surface area contributed by atoms with E-state index >= 15 is 0 Å². The van der Waals surface area contributed by atoms with Gasteiger partial charge in [-0.3, -0.25) is 9.78 Å². The fourth-order valence-corrected chi connectivity index (χ4v) is 2.70. The van der Waals surface area contributed by atoms with Gasteiger partial charge in [-0.2, -0.15) is 0 Å². The standard InChI is InChI=1S/C17H22N4O3S/c1-2-3-10-24-17(23)19-9-7-15-21-14(12-25-15)16(22)20-11-13-6-4-5-8-18-13/h4-6,8,12H,2-3,7,9-11H2,1H3,(H,19,23)(H,20,22). The van der Waals surface area contributed by atoms with Gasteiger partial charge in [0.2, 0.25) is 0 Å². The summed E-state index contributed by atoms with van der Waals surface area (Å²) in [6.45, 7) is 3.25. The van der Waals surface area contributed by atoms with E-state index in [0.717, 1.165) is 23.5 Å². The Bertz CT molecular complexity index is 676. The molecule has 2 amide bonds. The lowest BCUT2D eigenvalue weighted by atomic mass is 10.3. The summed E-state index contributed by atoms with van der Waals surface area (Å²) in [6.07, 6.45) is 3.66. The van der Waals surface area contributed by atoms with E-state index in [1.807, 2.05) is 25.1 Å². The Morgan fingerprint density at radius 1 is 1.28 bits per heavy atom. The van der Waals surface area contributed by atoms with Crippen LogP contribution in [0.25, 0.3) is 0 Å². The van der Waals surface area contributed by atoms with Gasteiger partial charge in [0.25, 0.3) is 5.91 Å². The lowest BCUT2D eigenvalue weighted by molar-refractivity contribution is 0.0945. The first-order valence-corrected chi connectivity index (χ1v) is 9.10. The van der Waals surface area contributed by atoms with E-state index in [9.17, 15) is 9.59 Å². The smallest absolute Gasteiger partial charge is 0.407 e. The summed E-state index contributed by atoms with van der Waals surface area (Å²) in [5, 5.41) is 7.96. The summed E-state index contributed by atoms with van der Waals surface area (Å²) in [7, 11) is 0. The molecule has 2 N–H and O–H groups in total. The Kier molecular flexibility index (Phi) is 7.84. The zero-order chi connectivity index (χ0) is 17.9. The summed E-state index contributed by atoms with van der Waals surface area (Å²) in [4.78, 5) is 31.9. The van der Waals surface area contributed by atoms with E-state index in [-0.39, 0.29) is 5.91 Å². The van der Waals surface area contributed by atoms with E-state index in [2.05, 4.69) is 20.6 Å². The van der Waals surface area contributed by atoms with Crippen molar-refractivity contribution in [3.05, 3.63) is 46.2 Å². The van der Waals surface area contributed by atoms with Gasteiger partial charge in [-0.1, -0.05) is 19.4 Å². The Labute approximate surface area is 150 Å². The maximum absolute atomic E-state index is 12.1. The summed E-state index contributed by atoms with van der Waals surface area (Å²) >= 11 is 1.39. The van der Waals surface area contributed by atoms with Crippen molar-refractivity contribution in [1.29, 1.82) is 0 Å². The van der Waals surface area contributed by atoms with Crippen LogP contribution in [0.4, 0.5) is 4.79 Å². The third-order valence-corrected chi connectivity index (χ3v) is 4.19. The molecule has 2 heterocycles. The summed E-state index contributed by atoms with van der Waals surface area (Å²) in [5.41, 5.74) is 1.17. The molecule has 2 aromatic rings. The van der Waals surface area contributed by atoms with Gasteiger partial charge in [0, 0.05) is 24.5 Å². The number of carbonyl (C=O) groups excluding carboxylic acids is 2. The van der Waals surface area contributed by atoms with Crippen LogP contribution < -0.4 is 10.6 Å². The van der Waals surface area contributed by atoms with Crippen LogP contribution in [0.5, 0.6) is 0 Å². The van der Waals surface area contributed by atoms with Gasteiger partial charge < -0.3 is 15.4 Å².